The van der Waals surface area contributed by atoms with Crippen molar-refractivity contribution in [3.63, 3.8) is 0 Å². The molecule has 2 heteroatoms. The molecule has 0 aromatic rings. The van der Waals surface area contributed by atoms with E-state index in [1.54, 1.807) is 0 Å². The number of hydrogen-bond acceptors (Lipinski definition) is 2. The van der Waals surface area contributed by atoms with Crippen LogP contribution in [0.3, 0.4) is 0 Å². The van der Waals surface area contributed by atoms with Crippen molar-refractivity contribution in [2.24, 2.45) is 11.8 Å². The van der Waals surface area contributed by atoms with E-state index in [1.807, 2.05) is 6.92 Å². The summed E-state index contributed by atoms with van der Waals surface area (Å²) in [6.45, 7) is 2.35. The molecule has 0 heterocycles. The van der Waals surface area contributed by atoms with Crippen LogP contribution < -0.4 is 0 Å². The molecule has 0 aromatic carbocycles. The quantitative estimate of drug-likeness (QED) is 0.643. The number of hydrogen-bond donors (Lipinski definition) is 0. The molecule has 0 bridgehead atoms. The van der Waals surface area contributed by atoms with Crippen LogP contribution in [0.25, 0.3) is 0 Å². The van der Waals surface area contributed by atoms with Gasteiger partial charge in [-0.05, 0) is 30.9 Å². The molecule has 3 aliphatic rings. The molecule has 0 amide bonds. The van der Waals surface area contributed by atoms with Crippen LogP contribution in [0, 0.1) is 11.8 Å². The van der Waals surface area contributed by atoms with Crippen molar-refractivity contribution >= 4 is 5.97 Å². The molecule has 0 saturated heterocycles. The maximum atomic E-state index is 11.6. The Hall–Kier alpha value is -1.31. The van der Waals surface area contributed by atoms with E-state index in [0.29, 0.717) is 12.5 Å². The van der Waals surface area contributed by atoms with Crippen molar-refractivity contribution in [1.82, 2.24) is 0 Å². The first-order valence-electron chi connectivity index (χ1n) is 5.60. The highest BCUT2D eigenvalue weighted by Gasteiger charge is 2.55. The summed E-state index contributed by atoms with van der Waals surface area (Å²) in [7, 11) is 0. The predicted molar refractivity (Wildman–Crippen MR) is 57.1 cm³/mol. The molecule has 3 aliphatic carbocycles. The van der Waals surface area contributed by atoms with Crippen molar-refractivity contribution in [1.29, 1.82) is 0 Å². The van der Waals surface area contributed by atoms with Crippen LogP contribution >= 0.6 is 0 Å². The summed E-state index contributed by atoms with van der Waals surface area (Å²) < 4.78 is 5.06. The molecular formula is C13H14O2. The van der Waals surface area contributed by atoms with Crippen LogP contribution in [0.4, 0.5) is 0 Å². The van der Waals surface area contributed by atoms with Crippen LogP contribution in [0.15, 0.2) is 34.9 Å². The first-order chi connectivity index (χ1) is 7.33. The van der Waals surface area contributed by atoms with Gasteiger partial charge in [-0.1, -0.05) is 23.8 Å². The maximum absolute atomic E-state index is 11.6. The maximum Gasteiger partial charge on any atom is 0.314 e. The molecule has 0 radical (unpaired) electrons. The number of carbonyl (C=O) groups excluding carboxylic acids is 1. The van der Waals surface area contributed by atoms with Gasteiger partial charge in [-0.25, -0.2) is 0 Å². The van der Waals surface area contributed by atoms with Gasteiger partial charge in [0.05, 0.1) is 12.5 Å². The average Bonchev–Trinajstić information content (AvgIpc) is 2.83. The molecule has 2 nitrogen and oxygen atoms in total. The third-order valence-electron chi connectivity index (χ3n) is 3.43. The Bertz CT molecular complexity index is 412. The van der Waals surface area contributed by atoms with Gasteiger partial charge in [0, 0.05) is 5.92 Å². The smallest absolute Gasteiger partial charge is 0.314 e. The second-order valence-electron chi connectivity index (χ2n) is 4.27. The monoisotopic (exact) mass is 202 g/mol. The lowest BCUT2D eigenvalue weighted by Gasteiger charge is -2.11. The molecule has 0 spiro atoms. The van der Waals surface area contributed by atoms with Crippen LogP contribution in [-0.2, 0) is 9.53 Å². The van der Waals surface area contributed by atoms with Crippen LogP contribution in [-0.4, -0.2) is 12.6 Å². The Balaban J connectivity index is 1.78. The van der Waals surface area contributed by atoms with E-state index in [4.69, 9.17) is 4.74 Å². The van der Waals surface area contributed by atoms with Crippen molar-refractivity contribution < 1.29 is 9.53 Å². The van der Waals surface area contributed by atoms with Gasteiger partial charge >= 0.3 is 5.97 Å². The number of carbonyl (C=O) groups is 1. The van der Waals surface area contributed by atoms with Crippen molar-refractivity contribution in [2.75, 3.05) is 6.61 Å². The Morgan fingerprint density at radius 2 is 2.47 bits per heavy atom. The minimum Gasteiger partial charge on any atom is -0.466 e. The van der Waals surface area contributed by atoms with E-state index in [0.717, 1.165) is 12.8 Å². The van der Waals surface area contributed by atoms with Gasteiger partial charge in [0.2, 0.25) is 0 Å². The minimum atomic E-state index is -0.0325. The van der Waals surface area contributed by atoms with Gasteiger partial charge in [-0.15, -0.1) is 0 Å². The summed E-state index contributed by atoms with van der Waals surface area (Å²) >= 11 is 0. The van der Waals surface area contributed by atoms with E-state index < -0.39 is 0 Å². The molecule has 78 valence electrons. The fraction of sp³-hybridized carbons (Fsp3) is 0.462. The van der Waals surface area contributed by atoms with Gasteiger partial charge in [-0.2, -0.15) is 0 Å². The predicted octanol–water partition coefficient (Wildman–Crippen LogP) is 2.38. The molecule has 1 fully saturated rings. The number of esters is 1. The molecule has 2 unspecified atom stereocenters. The van der Waals surface area contributed by atoms with Gasteiger partial charge in [0.15, 0.2) is 0 Å². The van der Waals surface area contributed by atoms with Crippen LogP contribution in [0.5, 0.6) is 0 Å². The molecule has 0 N–H and O–H groups in total. The number of rotatable bonds is 2. The zero-order chi connectivity index (χ0) is 10.4. The Morgan fingerprint density at radius 3 is 3.27 bits per heavy atom. The van der Waals surface area contributed by atoms with Gasteiger partial charge in [0.1, 0.15) is 0 Å². The lowest BCUT2D eigenvalue weighted by molar-refractivity contribution is -0.144. The SMILES string of the molecule is CCOC(=O)C1C2=CC3=C(CCC=C3)C21. The summed E-state index contributed by atoms with van der Waals surface area (Å²) in [5.74, 6) is 0.439. The summed E-state index contributed by atoms with van der Waals surface area (Å²) in [6.07, 6.45) is 8.80. The third-order valence-corrected chi connectivity index (χ3v) is 3.43. The summed E-state index contributed by atoms with van der Waals surface area (Å²) in [5, 5.41) is 0. The number of fused-ring (bicyclic) bond motifs is 2. The highest BCUT2D eigenvalue weighted by atomic mass is 16.5. The molecular weight excluding hydrogens is 188 g/mol. The Kier molecular flexibility index (Phi) is 1.84. The van der Waals surface area contributed by atoms with Gasteiger partial charge < -0.3 is 4.74 Å². The van der Waals surface area contributed by atoms with E-state index in [9.17, 15) is 4.79 Å². The first-order valence-corrected chi connectivity index (χ1v) is 5.60. The molecule has 1 saturated carbocycles. The Morgan fingerprint density at radius 1 is 1.60 bits per heavy atom. The lowest BCUT2D eigenvalue weighted by Crippen LogP contribution is -2.10. The topological polar surface area (TPSA) is 26.3 Å². The third kappa shape index (κ3) is 1.21. The number of allylic oxidation sites excluding steroid dienone is 5. The fourth-order valence-electron chi connectivity index (χ4n) is 2.72. The van der Waals surface area contributed by atoms with E-state index in [1.165, 1.54) is 16.7 Å². The average molecular weight is 202 g/mol. The normalized spacial score (nSPS) is 30.9. The van der Waals surface area contributed by atoms with Crippen LogP contribution in [0.1, 0.15) is 19.8 Å². The van der Waals surface area contributed by atoms with Gasteiger partial charge in [-0.3, -0.25) is 4.79 Å². The zero-order valence-electron chi connectivity index (χ0n) is 8.82. The van der Waals surface area contributed by atoms with E-state index in [-0.39, 0.29) is 11.9 Å². The lowest BCUT2D eigenvalue weighted by atomic mass is 9.95. The summed E-state index contributed by atoms with van der Waals surface area (Å²) in [5.41, 5.74) is 4.09. The molecule has 15 heavy (non-hydrogen) atoms. The minimum absolute atomic E-state index is 0.0325. The van der Waals surface area contributed by atoms with Crippen molar-refractivity contribution in [3.8, 4) is 0 Å². The van der Waals surface area contributed by atoms with E-state index in [2.05, 4.69) is 18.2 Å². The largest absolute Gasteiger partial charge is 0.466 e. The molecule has 0 aliphatic heterocycles. The fourth-order valence-corrected chi connectivity index (χ4v) is 2.72. The summed E-state index contributed by atoms with van der Waals surface area (Å²) in [4.78, 5) is 11.6. The Labute approximate surface area is 89.3 Å². The number of ether oxygens (including phenoxy) is 1. The highest BCUT2D eigenvalue weighted by Crippen LogP contribution is 2.58. The first kappa shape index (κ1) is 8.96. The van der Waals surface area contributed by atoms with Crippen molar-refractivity contribution in [2.45, 2.75) is 19.8 Å². The highest BCUT2D eigenvalue weighted by molar-refractivity contribution is 5.86. The molecule has 0 aromatic heterocycles. The standard InChI is InChI=1S/C13H14O2/c1-2-15-13(14)12-10-7-8-5-3-4-6-9(8)11(10)12/h3,5,7,11-12H,2,4,6H2,1H3. The van der Waals surface area contributed by atoms with Crippen molar-refractivity contribution in [3.05, 3.63) is 34.9 Å². The second kappa shape index (κ2) is 3.09. The zero-order valence-corrected chi connectivity index (χ0v) is 8.82. The molecule has 2 atom stereocenters. The van der Waals surface area contributed by atoms with E-state index >= 15 is 0 Å². The van der Waals surface area contributed by atoms with Gasteiger partial charge in [0.25, 0.3) is 0 Å². The summed E-state index contributed by atoms with van der Waals surface area (Å²) in [6, 6.07) is 0. The van der Waals surface area contributed by atoms with Crippen LogP contribution in [0.2, 0.25) is 0 Å². The molecule has 3 rings (SSSR count). The second-order valence-corrected chi connectivity index (χ2v) is 4.27.